The Kier molecular flexibility index (Phi) is 6.12. The van der Waals surface area contributed by atoms with Crippen molar-refractivity contribution in [3.63, 3.8) is 0 Å². The maximum atomic E-state index is 10.8. The summed E-state index contributed by atoms with van der Waals surface area (Å²) in [6.07, 6.45) is -0.873. The second kappa shape index (κ2) is 7.36. The van der Waals surface area contributed by atoms with Crippen LogP contribution in [0.15, 0.2) is 18.2 Å². The van der Waals surface area contributed by atoms with E-state index >= 15 is 0 Å². The minimum Gasteiger partial charge on any atom is -0.479 e. The number of aliphatic carboxylic acids is 1. The van der Waals surface area contributed by atoms with Crippen LogP contribution in [-0.2, 0) is 11.3 Å². The monoisotopic (exact) mass is 285 g/mol. The lowest BCUT2D eigenvalue weighted by molar-refractivity contribution is -0.144. The van der Waals surface area contributed by atoms with Crippen LogP contribution in [0.5, 0.6) is 5.75 Å². The van der Waals surface area contributed by atoms with Crippen molar-refractivity contribution < 1.29 is 14.6 Å². The van der Waals surface area contributed by atoms with Crippen LogP contribution in [0, 0.1) is 0 Å². The highest BCUT2D eigenvalue weighted by molar-refractivity contribution is 6.31. The van der Waals surface area contributed by atoms with Gasteiger partial charge in [0.1, 0.15) is 5.75 Å². The van der Waals surface area contributed by atoms with Crippen LogP contribution >= 0.6 is 11.6 Å². The number of hydrogen-bond donors (Lipinski definition) is 1. The molecule has 106 valence electrons. The maximum absolute atomic E-state index is 10.8. The molecule has 0 spiro atoms. The van der Waals surface area contributed by atoms with Crippen molar-refractivity contribution in [1.29, 1.82) is 0 Å². The number of carboxylic acids is 1. The van der Waals surface area contributed by atoms with Gasteiger partial charge in [-0.05, 0) is 43.8 Å². The Morgan fingerprint density at radius 3 is 2.58 bits per heavy atom. The van der Waals surface area contributed by atoms with Crippen LogP contribution in [-0.4, -0.2) is 35.2 Å². The summed E-state index contributed by atoms with van der Waals surface area (Å²) in [5, 5.41) is 9.50. The van der Waals surface area contributed by atoms with Crippen LogP contribution in [0.2, 0.25) is 5.02 Å². The molecule has 5 heteroatoms. The van der Waals surface area contributed by atoms with Crippen LogP contribution in [0.1, 0.15) is 26.3 Å². The molecule has 1 N–H and O–H groups in total. The van der Waals surface area contributed by atoms with Gasteiger partial charge in [-0.1, -0.05) is 25.4 Å². The quantitative estimate of drug-likeness (QED) is 0.836. The van der Waals surface area contributed by atoms with E-state index in [4.69, 9.17) is 21.4 Å². The summed E-state index contributed by atoms with van der Waals surface area (Å²) in [7, 11) is 0. The fourth-order valence-electron chi connectivity index (χ4n) is 1.69. The molecule has 0 fully saturated rings. The molecule has 1 rings (SSSR count). The molecular formula is C14H20ClNO3. The Morgan fingerprint density at radius 1 is 1.42 bits per heavy atom. The Balaban J connectivity index is 2.84. The summed E-state index contributed by atoms with van der Waals surface area (Å²) in [6.45, 7) is 8.27. The molecular weight excluding hydrogens is 266 g/mol. The highest BCUT2D eigenvalue weighted by Gasteiger charge is 2.14. The minimum absolute atomic E-state index is 0.529. The standard InChI is InChI=1S/C14H20ClNO3/c1-4-16(5-2)9-11-8-12(6-7-13(11)15)19-10(3)14(17)18/h6-8,10H,4-5,9H2,1-3H3,(H,17,18). The third-order valence-corrected chi connectivity index (χ3v) is 3.33. The average Bonchev–Trinajstić information content (AvgIpc) is 2.39. The van der Waals surface area contributed by atoms with Crippen molar-refractivity contribution >= 4 is 17.6 Å². The Bertz CT molecular complexity index is 433. The van der Waals surface area contributed by atoms with Crippen LogP contribution in [0.3, 0.4) is 0 Å². The molecule has 19 heavy (non-hydrogen) atoms. The van der Waals surface area contributed by atoms with Crippen molar-refractivity contribution in [2.24, 2.45) is 0 Å². The predicted molar refractivity (Wildman–Crippen MR) is 75.8 cm³/mol. The number of benzene rings is 1. The minimum atomic E-state index is -0.986. The molecule has 0 saturated carbocycles. The first-order valence-corrected chi connectivity index (χ1v) is 6.76. The lowest BCUT2D eigenvalue weighted by Crippen LogP contribution is -2.24. The second-order valence-corrected chi connectivity index (χ2v) is 4.72. The van der Waals surface area contributed by atoms with Crippen molar-refractivity contribution in [2.45, 2.75) is 33.4 Å². The van der Waals surface area contributed by atoms with Gasteiger partial charge in [0.15, 0.2) is 6.10 Å². The third-order valence-electron chi connectivity index (χ3n) is 2.97. The van der Waals surface area contributed by atoms with Crippen molar-refractivity contribution in [3.05, 3.63) is 28.8 Å². The molecule has 0 aliphatic rings. The molecule has 0 aromatic heterocycles. The van der Waals surface area contributed by atoms with Crippen molar-refractivity contribution in [3.8, 4) is 5.75 Å². The van der Waals surface area contributed by atoms with Gasteiger partial charge in [0.25, 0.3) is 0 Å². The molecule has 1 unspecified atom stereocenters. The SMILES string of the molecule is CCN(CC)Cc1cc(OC(C)C(=O)O)ccc1Cl. The zero-order chi connectivity index (χ0) is 14.4. The number of carbonyl (C=O) groups is 1. The molecule has 4 nitrogen and oxygen atoms in total. The van der Waals surface area contributed by atoms with Crippen LogP contribution < -0.4 is 4.74 Å². The number of hydrogen-bond acceptors (Lipinski definition) is 3. The maximum Gasteiger partial charge on any atom is 0.344 e. The van der Waals surface area contributed by atoms with E-state index in [0.717, 1.165) is 25.2 Å². The lowest BCUT2D eigenvalue weighted by Gasteiger charge is -2.19. The fourth-order valence-corrected chi connectivity index (χ4v) is 1.87. The number of rotatable bonds is 7. The van der Waals surface area contributed by atoms with Crippen LogP contribution in [0.4, 0.5) is 0 Å². The van der Waals surface area contributed by atoms with E-state index in [9.17, 15) is 4.79 Å². The number of carboxylic acid groups (broad SMARTS) is 1. The van der Waals surface area contributed by atoms with Gasteiger partial charge in [0.05, 0.1) is 0 Å². The zero-order valence-corrected chi connectivity index (χ0v) is 12.3. The van der Waals surface area contributed by atoms with Gasteiger partial charge in [0, 0.05) is 11.6 Å². The van der Waals surface area contributed by atoms with E-state index in [1.807, 2.05) is 0 Å². The summed E-state index contributed by atoms with van der Waals surface area (Å²) in [6, 6.07) is 5.23. The summed E-state index contributed by atoms with van der Waals surface area (Å²) in [5.41, 5.74) is 0.945. The smallest absolute Gasteiger partial charge is 0.344 e. The van der Waals surface area contributed by atoms with Gasteiger partial charge in [-0.2, -0.15) is 0 Å². The fraction of sp³-hybridized carbons (Fsp3) is 0.500. The van der Waals surface area contributed by atoms with Gasteiger partial charge in [-0.25, -0.2) is 4.79 Å². The Hall–Kier alpha value is -1.26. The first-order chi connectivity index (χ1) is 8.97. The topological polar surface area (TPSA) is 49.8 Å². The van der Waals surface area contributed by atoms with E-state index in [-0.39, 0.29) is 0 Å². The predicted octanol–water partition coefficient (Wildman–Crippen LogP) is 3.03. The van der Waals surface area contributed by atoms with E-state index in [1.54, 1.807) is 18.2 Å². The largest absolute Gasteiger partial charge is 0.479 e. The molecule has 0 heterocycles. The van der Waals surface area contributed by atoms with Gasteiger partial charge < -0.3 is 9.84 Å². The first kappa shape index (κ1) is 15.8. The van der Waals surface area contributed by atoms with Crippen molar-refractivity contribution in [2.75, 3.05) is 13.1 Å². The van der Waals surface area contributed by atoms with Gasteiger partial charge in [-0.15, -0.1) is 0 Å². The molecule has 0 aliphatic heterocycles. The summed E-state index contributed by atoms with van der Waals surface area (Å²) < 4.78 is 5.34. The molecule has 0 saturated heterocycles. The van der Waals surface area contributed by atoms with Crippen molar-refractivity contribution in [1.82, 2.24) is 4.90 Å². The Morgan fingerprint density at radius 2 is 2.05 bits per heavy atom. The average molecular weight is 286 g/mol. The molecule has 0 bridgehead atoms. The highest BCUT2D eigenvalue weighted by Crippen LogP contribution is 2.24. The van der Waals surface area contributed by atoms with E-state index < -0.39 is 12.1 Å². The molecule has 1 aromatic carbocycles. The molecule has 0 aliphatic carbocycles. The van der Waals surface area contributed by atoms with E-state index in [2.05, 4.69) is 18.7 Å². The summed E-state index contributed by atoms with van der Waals surface area (Å²) in [5.74, 6) is -0.457. The zero-order valence-electron chi connectivity index (χ0n) is 11.5. The van der Waals surface area contributed by atoms with E-state index in [0.29, 0.717) is 10.8 Å². The molecule has 0 amide bonds. The lowest BCUT2D eigenvalue weighted by atomic mass is 10.2. The normalized spacial score (nSPS) is 12.5. The van der Waals surface area contributed by atoms with Gasteiger partial charge >= 0.3 is 5.97 Å². The molecule has 0 radical (unpaired) electrons. The molecule has 1 aromatic rings. The summed E-state index contributed by atoms with van der Waals surface area (Å²) in [4.78, 5) is 13.0. The van der Waals surface area contributed by atoms with Gasteiger partial charge in [0.2, 0.25) is 0 Å². The number of ether oxygens (including phenoxy) is 1. The first-order valence-electron chi connectivity index (χ1n) is 6.38. The summed E-state index contributed by atoms with van der Waals surface area (Å²) >= 11 is 6.15. The Labute approximate surface area is 118 Å². The highest BCUT2D eigenvalue weighted by atomic mass is 35.5. The number of halogens is 1. The van der Waals surface area contributed by atoms with E-state index in [1.165, 1.54) is 6.92 Å². The second-order valence-electron chi connectivity index (χ2n) is 4.31. The van der Waals surface area contributed by atoms with Gasteiger partial charge in [-0.3, -0.25) is 4.90 Å². The molecule has 1 atom stereocenters. The van der Waals surface area contributed by atoms with Crippen LogP contribution in [0.25, 0.3) is 0 Å². The third kappa shape index (κ3) is 4.73. The number of nitrogens with zero attached hydrogens (tertiary/aromatic N) is 1.